The Morgan fingerprint density at radius 3 is 2.06 bits per heavy atom. The molecule has 0 saturated carbocycles. The molecule has 0 aliphatic carbocycles. The fourth-order valence-electron chi connectivity index (χ4n) is 4.92. The third kappa shape index (κ3) is 2.94. The highest BCUT2D eigenvalue weighted by Gasteiger charge is 2.48. The number of hydrogen-bond acceptors (Lipinski definition) is 2. The zero-order chi connectivity index (χ0) is 22.0. The second-order valence-corrected chi connectivity index (χ2v) is 9.37. The summed E-state index contributed by atoms with van der Waals surface area (Å²) in [5.41, 5.74) is -0.372. The first kappa shape index (κ1) is 19.7. The van der Waals surface area contributed by atoms with E-state index in [0.29, 0.717) is 5.57 Å². The standard InChI is InChI=1S/C27H25N2O2/c1-26(2)16-23(27(3,4)29(26)31)25(30)28-24-15-22-18-10-6-5-9-17(18)13-14-20(22)19-11-7-8-12-21(19)24/h5-16H,1-4H3,(H,28,30). The van der Waals surface area contributed by atoms with Crippen molar-refractivity contribution in [2.24, 2.45) is 0 Å². The van der Waals surface area contributed by atoms with Gasteiger partial charge in [0.15, 0.2) is 0 Å². The Labute approximate surface area is 181 Å². The molecule has 1 N–H and O–H groups in total. The fourth-order valence-corrected chi connectivity index (χ4v) is 4.92. The minimum absolute atomic E-state index is 0.235. The molecule has 31 heavy (non-hydrogen) atoms. The number of carbonyl (C=O) groups excluding carboxylic acids is 1. The predicted octanol–water partition coefficient (Wildman–Crippen LogP) is 6.23. The van der Waals surface area contributed by atoms with Crippen LogP contribution < -0.4 is 5.32 Å². The number of carbonyl (C=O) groups is 1. The first-order valence-corrected chi connectivity index (χ1v) is 10.6. The van der Waals surface area contributed by atoms with Crippen LogP contribution in [-0.2, 0) is 10.0 Å². The maximum Gasteiger partial charge on any atom is 0.253 e. The topological polar surface area (TPSA) is 52.2 Å². The number of hydrogen-bond donors (Lipinski definition) is 1. The van der Waals surface area contributed by atoms with Gasteiger partial charge in [0.2, 0.25) is 0 Å². The Kier molecular flexibility index (Phi) is 4.23. The van der Waals surface area contributed by atoms with Gasteiger partial charge in [-0.15, -0.1) is 10.3 Å². The lowest BCUT2D eigenvalue weighted by Gasteiger charge is -2.33. The van der Waals surface area contributed by atoms with Gasteiger partial charge in [0.05, 0.1) is 11.1 Å². The summed E-state index contributed by atoms with van der Waals surface area (Å²) in [6.07, 6.45) is 1.79. The second-order valence-electron chi connectivity index (χ2n) is 9.37. The average Bonchev–Trinajstić information content (AvgIpc) is 2.93. The molecule has 0 spiro atoms. The van der Waals surface area contributed by atoms with E-state index in [4.69, 9.17) is 0 Å². The average molecular weight is 410 g/mol. The van der Waals surface area contributed by atoms with Gasteiger partial charge >= 0.3 is 0 Å². The highest BCUT2D eigenvalue weighted by atomic mass is 16.5. The van der Waals surface area contributed by atoms with Gasteiger partial charge in [-0.2, -0.15) is 0 Å². The van der Waals surface area contributed by atoms with Crippen LogP contribution in [0, 0.1) is 0 Å². The smallest absolute Gasteiger partial charge is 0.253 e. The summed E-state index contributed by atoms with van der Waals surface area (Å²) < 4.78 is 0. The Bertz CT molecular complexity index is 1400. The highest BCUT2D eigenvalue weighted by Crippen LogP contribution is 2.40. The molecular weight excluding hydrogens is 384 g/mol. The maximum absolute atomic E-state index is 13.4. The third-order valence-electron chi connectivity index (χ3n) is 6.45. The molecule has 1 aliphatic heterocycles. The molecule has 0 fully saturated rings. The number of hydroxylamine groups is 2. The van der Waals surface area contributed by atoms with E-state index in [1.54, 1.807) is 19.9 Å². The molecule has 0 unspecified atom stereocenters. The Balaban J connectivity index is 1.69. The van der Waals surface area contributed by atoms with Crippen LogP contribution in [-0.4, -0.2) is 22.0 Å². The Morgan fingerprint density at radius 2 is 1.39 bits per heavy atom. The molecule has 4 nitrogen and oxygen atoms in total. The summed E-state index contributed by atoms with van der Waals surface area (Å²) in [5, 5.41) is 23.5. The van der Waals surface area contributed by atoms with Crippen molar-refractivity contribution in [1.82, 2.24) is 5.06 Å². The van der Waals surface area contributed by atoms with Gasteiger partial charge in [-0.05, 0) is 60.7 Å². The van der Waals surface area contributed by atoms with Crippen molar-refractivity contribution < 1.29 is 10.0 Å². The van der Waals surface area contributed by atoms with Gasteiger partial charge < -0.3 is 5.32 Å². The summed E-state index contributed by atoms with van der Waals surface area (Å²) in [4.78, 5) is 13.4. The SMILES string of the molecule is CC1(C)C=C(C(=O)Nc2cc3c4ccccc4ccc3c3ccccc23)C(C)(C)N1[O]. The molecule has 155 valence electrons. The Morgan fingerprint density at radius 1 is 0.774 bits per heavy atom. The molecule has 0 saturated heterocycles. The molecule has 0 atom stereocenters. The number of anilines is 1. The van der Waals surface area contributed by atoms with E-state index in [2.05, 4.69) is 41.7 Å². The van der Waals surface area contributed by atoms with Crippen LogP contribution in [0.1, 0.15) is 27.7 Å². The summed E-state index contributed by atoms with van der Waals surface area (Å²) in [5.74, 6) is -0.235. The first-order valence-electron chi connectivity index (χ1n) is 10.6. The molecular formula is C27H25N2O2. The molecule has 5 rings (SSSR count). The van der Waals surface area contributed by atoms with E-state index in [1.165, 1.54) is 0 Å². The molecule has 0 bridgehead atoms. The van der Waals surface area contributed by atoms with Crippen molar-refractivity contribution in [3.63, 3.8) is 0 Å². The van der Waals surface area contributed by atoms with Gasteiger partial charge in [0.1, 0.15) is 0 Å². The van der Waals surface area contributed by atoms with E-state index in [-0.39, 0.29) is 5.91 Å². The maximum atomic E-state index is 13.4. The number of amides is 1. The molecule has 1 radical (unpaired) electrons. The largest absolute Gasteiger partial charge is 0.322 e. The molecule has 1 amide bonds. The van der Waals surface area contributed by atoms with Gasteiger partial charge in [0, 0.05) is 16.6 Å². The summed E-state index contributed by atoms with van der Waals surface area (Å²) in [6.45, 7) is 7.26. The number of nitrogens with one attached hydrogen (secondary N) is 1. The predicted molar refractivity (Wildman–Crippen MR) is 126 cm³/mol. The zero-order valence-electron chi connectivity index (χ0n) is 18.2. The molecule has 4 aromatic carbocycles. The minimum Gasteiger partial charge on any atom is -0.322 e. The zero-order valence-corrected chi connectivity index (χ0v) is 18.2. The number of fused-ring (bicyclic) bond motifs is 5. The Hall–Kier alpha value is -3.21. The van der Waals surface area contributed by atoms with Crippen molar-refractivity contribution >= 4 is 43.9 Å². The van der Waals surface area contributed by atoms with Crippen molar-refractivity contribution in [2.45, 2.75) is 38.8 Å². The number of nitrogens with zero attached hydrogens (tertiary/aromatic N) is 1. The first-order chi connectivity index (χ1) is 14.7. The summed E-state index contributed by atoms with van der Waals surface area (Å²) >= 11 is 0. The van der Waals surface area contributed by atoms with Crippen LogP contribution in [0.4, 0.5) is 5.69 Å². The van der Waals surface area contributed by atoms with Crippen molar-refractivity contribution in [3.05, 3.63) is 78.4 Å². The van der Waals surface area contributed by atoms with Crippen LogP contribution in [0.3, 0.4) is 0 Å². The summed E-state index contributed by atoms with van der Waals surface area (Å²) in [6, 6.07) is 22.7. The minimum atomic E-state index is -0.896. The molecule has 1 aliphatic rings. The monoisotopic (exact) mass is 409 g/mol. The van der Waals surface area contributed by atoms with E-state index in [0.717, 1.165) is 43.1 Å². The second kappa shape index (κ2) is 6.64. The van der Waals surface area contributed by atoms with Crippen LogP contribution in [0.5, 0.6) is 0 Å². The van der Waals surface area contributed by atoms with Gasteiger partial charge in [-0.3, -0.25) is 4.79 Å². The van der Waals surface area contributed by atoms with Crippen LogP contribution in [0.25, 0.3) is 32.3 Å². The number of rotatable bonds is 2. The van der Waals surface area contributed by atoms with Crippen LogP contribution in [0.15, 0.2) is 78.4 Å². The lowest BCUT2D eigenvalue weighted by atomic mass is 9.94. The van der Waals surface area contributed by atoms with Crippen molar-refractivity contribution in [3.8, 4) is 0 Å². The van der Waals surface area contributed by atoms with E-state index < -0.39 is 11.1 Å². The van der Waals surface area contributed by atoms with Gasteiger partial charge in [-0.25, -0.2) is 0 Å². The van der Waals surface area contributed by atoms with Crippen molar-refractivity contribution in [2.75, 3.05) is 5.32 Å². The summed E-state index contributed by atoms with van der Waals surface area (Å²) in [7, 11) is 0. The van der Waals surface area contributed by atoms with Crippen LogP contribution in [0.2, 0.25) is 0 Å². The molecule has 4 heteroatoms. The van der Waals surface area contributed by atoms with Gasteiger partial charge in [-0.1, -0.05) is 66.7 Å². The normalized spacial score (nSPS) is 17.9. The number of benzene rings is 4. The lowest BCUT2D eigenvalue weighted by molar-refractivity contribution is -0.238. The molecule has 4 aromatic rings. The third-order valence-corrected chi connectivity index (χ3v) is 6.45. The van der Waals surface area contributed by atoms with Crippen LogP contribution >= 0.6 is 0 Å². The van der Waals surface area contributed by atoms with Crippen molar-refractivity contribution in [1.29, 1.82) is 0 Å². The molecule has 0 aromatic heterocycles. The highest BCUT2D eigenvalue weighted by molar-refractivity contribution is 6.22. The quantitative estimate of drug-likeness (QED) is 0.399. The lowest BCUT2D eigenvalue weighted by Crippen LogP contribution is -2.48. The van der Waals surface area contributed by atoms with E-state index in [9.17, 15) is 10.0 Å². The fraction of sp³-hybridized carbons (Fsp3) is 0.222. The van der Waals surface area contributed by atoms with E-state index >= 15 is 0 Å². The van der Waals surface area contributed by atoms with Gasteiger partial charge in [0.25, 0.3) is 5.91 Å². The van der Waals surface area contributed by atoms with E-state index in [1.807, 2.05) is 44.2 Å². The molecule has 1 heterocycles.